The third kappa shape index (κ3) is 1.50. The number of aliphatic hydroxyl groups excluding tert-OH is 1. The van der Waals surface area contributed by atoms with Crippen LogP contribution in [0.2, 0.25) is 0 Å². The van der Waals surface area contributed by atoms with E-state index in [0.717, 1.165) is 32.1 Å². The van der Waals surface area contributed by atoms with Crippen molar-refractivity contribution in [2.24, 2.45) is 28.1 Å². The fourth-order valence-corrected chi connectivity index (χ4v) is 7.68. The third-order valence-electron chi connectivity index (χ3n) is 8.59. The summed E-state index contributed by atoms with van der Waals surface area (Å²) in [6.07, 6.45) is 7.91. The lowest BCUT2D eigenvalue weighted by atomic mass is 9.38. The Kier molecular flexibility index (Phi) is 2.89. The first kappa shape index (κ1) is 15.2. The van der Waals surface area contributed by atoms with E-state index in [9.17, 15) is 10.2 Å². The van der Waals surface area contributed by atoms with Gasteiger partial charge in [-0.2, -0.15) is 0 Å². The van der Waals surface area contributed by atoms with E-state index in [2.05, 4.69) is 27.4 Å². The van der Waals surface area contributed by atoms with Gasteiger partial charge in [-0.15, -0.1) is 0 Å². The van der Waals surface area contributed by atoms with Gasteiger partial charge in [-0.25, -0.2) is 0 Å². The summed E-state index contributed by atoms with van der Waals surface area (Å²) in [4.78, 5) is 0. The van der Waals surface area contributed by atoms with Crippen molar-refractivity contribution in [2.45, 2.75) is 83.8 Å². The summed E-state index contributed by atoms with van der Waals surface area (Å²) in [6, 6.07) is 0. The van der Waals surface area contributed by atoms with Crippen molar-refractivity contribution in [3.05, 3.63) is 12.2 Å². The molecule has 2 heteroatoms. The van der Waals surface area contributed by atoms with Crippen LogP contribution in [0, 0.1) is 28.1 Å². The van der Waals surface area contributed by atoms with Gasteiger partial charge in [0.15, 0.2) is 0 Å². The van der Waals surface area contributed by atoms with E-state index in [-0.39, 0.29) is 16.2 Å². The minimum atomic E-state index is -0.920. The van der Waals surface area contributed by atoms with Gasteiger partial charge in [0, 0.05) is 10.8 Å². The molecule has 4 rings (SSSR count). The lowest BCUT2D eigenvalue weighted by Gasteiger charge is -2.69. The number of rotatable bonds is 0. The monoisotopic (exact) mass is 304 g/mol. The third-order valence-corrected chi connectivity index (χ3v) is 8.59. The maximum Gasteiger partial charge on any atom is 0.102 e. The minimum Gasteiger partial charge on any atom is -0.390 e. The second-order valence-electron chi connectivity index (χ2n) is 9.89. The fourth-order valence-electron chi connectivity index (χ4n) is 7.68. The van der Waals surface area contributed by atoms with E-state index < -0.39 is 11.7 Å². The van der Waals surface area contributed by atoms with Crippen molar-refractivity contribution in [3.8, 4) is 0 Å². The van der Waals surface area contributed by atoms with Crippen LogP contribution < -0.4 is 0 Å². The van der Waals surface area contributed by atoms with Crippen molar-refractivity contribution >= 4 is 0 Å². The molecule has 2 N–H and O–H groups in total. The second-order valence-corrected chi connectivity index (χ2v) is 9.89. The SMILES string of the molecule is C=C1C[C@@]23CC[C@@H]4C(C)(C)CCC[C@@]4(C)[C@]2(O)[C@H](O)C[C@@H]1C3. The van der Waals surface area contributed by atoms with E-state index in [1.54, 1.807) is 0 Å². The second kappa shape index (κ2) is 4.19. The molecule has 1 spiro atoms. The largest absolute Gasteiger partial charge is 0.390 e. The molecule has 0 radical (unpaired) electrons. The Bertz CT molecular complexity index is 524. The average molecular weight is 304 g/mol. The first-order valence-electron chi connectivity index (χ1n) is 9.24. The van der Waals surface area contributed by atoms with E-state index in [4.69, 9.17) is 0 Å². The summed E-state index contributed by atoms with van der Waals surface area (Å²) in [5.74, 6) is 0.955. The molecule has 0 aliphatic heterocycles. The molecule has 4 aliphatic rings. The first-order valence-corrected chi connectivity index (χ1v) is 9.24. The normalized spacial score (nSPS) is 56.4. The molecule has 22 heavy (non-hydrogen) atoms. The van der Waals surface area contributed by atoms with Crippen molar-refractivity contribution in [2.75, 3.05) is 0 Å². The zero-order chi connectivity index (χ0) is 16.0. The molecule has 0 unspecified atom stereocenters. The van der Waals surface area contributed by atoms with Crippen LogP contribution in [0.3, 0.4) is 0 Å². The molecule has 0 aromatic heterocycles. The highest BCUT2D eigenvalue weighted by Crippen LogP contribution is 2.73. The van der Waals surface area contributed by atoms with Crippen LogP contribution in [0.15, 0.2) is 12.2 Å². The standard InChI is InChI=1S/C20H32O2/c1-13-11-19-9-6-15-17(2,3)7-5-8-18(15,4)20(19,22)16(21)10-14(13)12-19/h14-16,21-22H,1,5-12H2,2-4H3/t14-,15-,16-,18-,19-,20-/m1/s1. The smallest absolute Gasteiger partial charge is 0.102 e. The number of fused-ring (bicyclic) bond motifs is 3. The van der Waals surface area contributed by atoms with Crippen molar-refractivity contribution in [1.82, 2.24) is 0 Å². The van der Waals surface area contributed by atoms with Crippen LogP contribution in [0.25, 0.3) is 0 Å². The summed E-state index contributed by atoms with van der Waals surface area (Å²) in [5.41, 5.74) is 0.382. The molecule has 0 aromatic rings. The highest BCUT2D eigenvalue weighted by molar-refractivity contribution is 5.30. The maximum atomic E-state index is 12.1. The van der Waals surface area contributed by atoms with Crippen molar-refractivity contribution in [1.29, 1.82) is 0 Å². The van der Waals surface area contributed by atoms with Gasteiger partial charge in [0.2, 0.25) is 0 Å². The van der Waals surface area contributed by atoms with Gasteiger partial charge in [-0.3, -0.25) is 0 Å². The Balaban J connectivity index is 1.86. The van der Waals surface area contributed by atoms with Gasteiger partial charge in [-0.1, -0.05) is 39.3 Å². The van der Waals surface area contributed by atoms with E-state index in [1.807, 2.05) is 0 Å². The molecule has 2 nitrogen and oxygen atoms in total. The van der Waals surface area contributed by atoms with Crippen molar-refractivity contribution in [3.63, 3.8) is 0 Å². The number of hydrogen-bond donors (Lipinski definition) is 2. The highest BCUT2D eigenvalue weighted by Gasteiger charge is 2.73. The van der Waals surface area contributed by atoms with Crippen molar-refractivity contribution < 1.29 is 10.2 Å². The topological polar surface area (TPSA) is 40.5 Å². The molecule has 2 bridgehead atoms. The molecule has 0 heterocycles. The van der Waals surface area contributed by atoms with E-state index in [1.165, 1.54) is 24.8 Å². The first-order chi connectivity index (χ1) is 10.2. The van der Waals surface area contributed by atoms with Gasteiger partial charge >= 0.3 is 0 Å². The van der Waals surface area contributed by atoms with E-state index >= 15 is 0 Å². The van der Waals surface area contributed by atoms with Gasteiger partial charge in [0.25, 0.3) is 0 Å². The van der Waals surface area contributed by atoms with Crippen LogP contribution in [-0.2, 0) is 0 Å². The van der Waals surface area contributed by atoms with Gasteiger partial charge in [-0.05, 0) is 62.2 Å². The lowest BCUT2D eigenvalue weighted by molar-refractivity contribution is -0.297. The molecule has 4 aliphatic carbocycles. The Morgan fingerprint density at radius 3 is 2.59 bits per heavy atom. The minimum absolute atomic E-state index is 0.106. The van der Waals surface area contributed by atoms with Gasteiger partial charge in [0.05, 0.1) is 6.10 Å². The number of hydrogen-bond acceptors (Lipinski definition) is 2. The molecule has 4 fully saturated rings. The Hall–Kier alpha value is -0.340. The summed E-state index contributed by atoms with van der Waals surface area (Å²) in [6.45, 7) is 11.3. The summed E-state index contributed by atoms with van der Waals surface area (Å²) >= 11 is 0. The summed E-state index contributed by atoms with van der Waals surface area (Å²) < 4.78 is 0. The molecule has 0 saturated heterocycles. The van der Waals surface area contributed by atoms with Crippen LogP contribution in [0.4, 0.5) is 0 Å². The number of aliphatic hydroxyl groups is 2. The molecule has 4 saturated carbocycles. The van der Waals surface area contributed by atoms with Crippen LogP contribution in [-0.4, -0.2) is 21.9 Å². The Labute approximate surface area is 135 Å². The van der Waals surface area contributed by atoms with Crippen LogP contribution in [0.1, 0.15) is 72.1 Å². The van der Waals surface area contributed by atoms with Crippen LogP contribution >= 0.6 is 0 Å². The Morgan fingerprint density at radius 1 is 1.14 bits per heavy atom. The van der Waals surface area contributed by atoms with Gasteiger partial charge in [0.1, 0.15) is 5.60 Å². The zero-order valence-corrected chi connectivity index (χ0v) is 14.5. The summed E-state index contributed by atoms with van der Waals surface area (Å²) in [7, 11) is 0. The fraction of sp³-hybridized carbons (Fsp3) is 0.900. The predicted molar refractivity (Wildman–Crippen MR) is 88.3 cm³/mol. The summed E-state index contributed by atoms with van der Waals surface area (Å²) in [5, 5.41) is 23.1. The predicted octanol–water partition coefficient (Wildman–Crippen LogP) is 4.06. The number of allylic oxidation sites excluding steroid dienone is 1. The molecule has 124 valence electrons. The maximum absolute atomic E-state index is 12.1. The zero-order valence-electron chi connectivity index (χ0n) is 14.5. The quantitative estimate of drug-likeness (QED) is 0.663. The van der Waals surface area contributed by atoms with Crippen LogP contribution in [0.5, 0.6) is 0 Å². The molecule has 0 amide bonds. The molecule has 6 atom stereocenters. The molecular weight excluding hydrogens is 272 g/mol. The van der Waals surface area contributed by atoms with Gasteiger partial charge < -0.3 is 10.2 Å². The molecule has 0 aromatic carbocycles. The highest BCUT2D eigenvalue weighted by atomic mass is 16.3. The average Bonchev–Trinajstić information content (AvgIpc) is 2.68. The Morgan fingerprint density at radius 2 is 1.86 bits per heavy atom. The van der Waals surface area contributed by atoms with E-state index in [0.29, 0.717) is 11.8 Å². The molecular formula is C20H32O2. The lowest BCUT2D eigenvalue weighted by Crippen LogP contribution is -2.72.